The lowest BCUT2D eigenvalue weighted by Crippen LogP contribution is -2.36. The molecule has 1 fully saturated rings. The summed E-state index contributed by atoms with van der Waals surface area (Å²) in [5.41, 5.74) is 0.637. The standard InChI is InChI=1S/C30H26NO4PS/c32-28(31-26-18-10-11-19-27(26)37-25-16-8-3-9-17-25)22-35-29(33)30(20-21-30)36(34,23-12-4-1-5-13-23)24-14-6-2-7-15-24/h1-19H,20-22H2,(H,31,32). The predicted octanol–water partition coefficient (Wildman–Crippen LogP) is 5.87. The van der Waals surface area contributed by atoms with Crippen molar-refractivity contribution in [1.29, 1.82) is 0 Å². The third kappa shape index (κ3) is 5.13. The molecule has 4 aromatic rings. The van der Waals surface area contributed by atoms with Gasteiger partial charge in [0.1, 0.15) is 5.16 Å². The van der Waals surface area contributed by atoms with Crippen LogP contribution in [-0.4, -0.2) is 23.6 Å². The normalized spacial score (nSPS) is 13.9. The van der Waals surface area contributed by atoms with E-state index in [0.717, 1.165) is 9.79 Å². The molecule has 0 aromatic heterocycles. The van der Waals surface area contributed by atoms with Crippen molar-refractivity contribution in [2.45, 2.75) is 27.8 Å². The van der Waals surface area contributed by atoms with E-state index < -0.39 is 30.8 Å². The van der Waals surface area contributed by atoms with Crippen LogP contribution in [0.15, 0.2) is 125 Å². The first kappa shape index (κ1) is 25.1. The number of anilines is 1. The van der Waals surface area contributed by atoms with Gasteiger partial charge in [-0.3, -0.25) is 9.59 Å². The van der Waals surface area contributed by atoms with Crippen molar-refractivity contribution in [3.63, 3.8) is 0 Å². The Bertz CT molecular complexity index is 1400. The fourth-order valence-corrected chi connectivity index (χ4v) is 8.87. The first-order valence-corrected chi connectivity index (χ1v) is 14.6. The lowest BCUT2D eigenvalue weighted by molar-refractivity contribution is -0.147. The zero-order valence-corrected chi connectivity index (χ0v) is 21.8. The molecule has 0 radical (unpaired) electrons. The molecule has 37 heavy (non-hydrogen) atoms. The van der Waals surface area contributed by atoms with E-state index in [-0.39, 0.29) is 0 Å². The third-order valence-corrected chi connectivity index (χ3v) is 11.4. The zero-order valence-electron chi connectivity index (χ0n) is 20.1. The van der Waals surface area contributed by atoms with Gasteiger partial charge in [0.05, 0.1) is 5.69 Å². The highest BCUT2D eigenvalue weighted by Gasteiger charge is 2.65. The maximum Gasteiger partial charge on any atom is 0.320 e. The van der Waals surface area contributed by atoms with Gasteiger partial charge >= 0.3 is 5.97 Å². The van der Waals surface area contributed by atoms with E-state index in [2.05, 4.69) is 5.32 Å². The molecule has 7 heteroatoms. The first-order chi connectivity index (χ1) is 18.0. The summed E-state index contributed by atoms with van der Waals surface area (Å²) in [6.07, 6.45) is 0.899. The largest absolute Gasteiger partial charge is 0.455 e. The number of carbonyl (C=O) groups is 2. The molecular weight excluding hydrogens is 501 g/mol. The third-order valence-electron chi connectivity index (χ3n) is 6.41. The minimum absolute atomic E-state index is 0.445. The van der Waals surface area contributed by atoms with Crippen LogP contribution in [0, 0.1) is 0 Å². The van der Waals surface area contributed by atoms with Crippen molar-refractivity contribution < 1.29 is 18.9 Å². The molecule has 1 N–H and O–H groups in total. The van der Waals surface area contributed by atoms with Gasteiger partial charge in [0, 0.05) is 20.4 Å². The summed E-state index contributed by atoms with van der Waals surface area (Å²) >= 11 is 1.53. The average Bonchev–Trinajstić information content (AvgIpc) is 3.77. The summed E-state index contributed by atoms with van der Waals surface area (Å²) in [6.45, 7) is -0.450. The topological polar surface area (TPSA) is 72.5 Å². The van der Waals surface area contributed by atoms with E-state index >= 15 is 0 Å². The molecule has 1 saturated carbocycles. The van der Waals surface area contributed by atoms with Crippen LogP contribution >= 0.6 is 18.9 Å². The number of hydrogen-bond acceptors (Lipinski definition) is 5. The smallest absolute Gasteiger partial charge is 0.320 e. The lowest BCUT2D eigenvalue weighted by atomic mass is 10.3. The molecule has 0 spiro atoms. The Hall–Kier alpha value is -3.60. The monoisotopic (exact) mass is 527 g/mol. The van der Waals surface area contributed by atoms with Crippen molar-refractivity contribution in [2.75, 3.05) is 11.9 Å². The highest BCUT2D eigenvalue weighted by Crippen LogP contribution is 2.68. The Morgan fingerprint density at radius 1 is 0.757 bits per heavy atom. The maximum atomic E-state index is 14.7. The summed E-state index contributed by atoms with van der Waals surface area (Å²) in [7, 11) is -3.35. The maximum absolute atomic E-state index is 14.7. The molecule has 0 unspecified atom stereocenters. The van der Waals surface area contributed by atoms with Crippen molar-refractivity contribution in [3.05, 3.63) is 115 Å². The molecule has 0 bridgehead atoms. The second-order valence-electron chi connectivity index (χ2n) is 8.85. The Kier molecular flexibility index (Phi) is 7.31. The number of amides is 1. The van der Waals surface area contributed by atoms with Crippen molar-refractivity contribution >= 4 is 47.1 Å². The fraction of sp³-hybridized carbons (Fsp3) is 0.133. The summed E-state index contributed by atoms with van der Waals surface area (Å²) in [5, 5.41) is 2.93. The number of rotatable bonds is 9. The number of carbonyl (C=O) groups excluding carboxylic acids is 2. The van der Waals surface area contributed by atoms with Gasteiger partial charge in [-0.05, 0) is 37.1 Å². The Labute approximate surface area is 220 Å². The van der Waals surface area contributed by atoms with Crippen molar-refractivity contribution in [1.82, 2.24) is 0 Å². The number of ether oxygens (including phenoxy) is 1. The Morgan fingerprint density at radius 3 is 1.84 bits per heavy atom. The van der Waals surface area contributed by atoms with Gasteiger partial charge < -0.3 is 14.6 Å². The minimum atomic E-state index is -3.35. The van der Waals surface area contributed by atoms with Crippen LogP contribution in [0.4, 0.5) is 5.69 Å². The van der Waals surface area contributed by atoms with Crippen LogP contribution in [0.3, 0.4) is 0 Å². The predicted molar refractivity (Wildman–Crippen MR) is 148 cm³/mol. The summed E-state index contributed by atoms with van der Waals surface area (Å²) in [4.78, 5) is 28.1. The molecule has 4 aromatic carbocycles. The number of hydrogen-bond donors (Lipinski definition) is 1. The Balaban J connectivity index is 1.31. The van der Waals surface area contributed by atoms with Gasteiger partial charge in [0.2, 0.25) is 0 Å². The summed E-state index contributed by atoms with van der Waals surface area (Å²) in [6, 6.07) is 35.6. The number of para-hydroxylation sites is 1. The van der Waals surface area contributed by atoms with Crippen LogP contribution < -0.4 is 15.9 Å². The van der Waals surface area contributed by atoms with Crippen molar-refractivity contribution in [3.8, 4) is 0 Å². The summed E-state index contributed by atoms with van der Waals surface area (Å²) < 4.78 is 20.2. The van der Waals surface area contributed by atoms with Gasteiger partial charge in [-0.25, -0.2) is 0 Å². The fourth-order valence-electron chi connectivity index (χ4n) is 4.41. The van der Waals surface area contributed by atoms with Gasteiger partial charge in [-0.15, -0.1) is 0 Å². The van der Waals surface area contributed by atoms with Crippen LogP contribution in [-0.2, 0) is 18.9 Å². The van der Waals surface area contributed by atoms with E-state index in [1.54, 1.807) is 24.3 Å². The summed E-state index contributed by atoms with van der Waals surface area (Å²) in [5.74, 6) is -1.04. The van der Waals surface area contributed by atoms with Gasteiger partial charge in [-0.2, -0.15) is 0 Å². The lowest BCUT2D eigenvalue weighted by Gasteiger charge is -2.27. The van der Waals surface area contributed by atoms with Crippen LogP contribution in [0.2, 0.25) is 0 Å². The van der Waals surface area contributed by atoms with E-state index in [1.165, 1.54) is 11.8 Å². The van der Waals surface area contributed by atoms with Gasteiger partial charge in [0.25, 0.3) is 5.91 Å². The molecule has 0 aliphatic heterocycles. The Morgan fingerprint density at radius 2 is 1.27 bits per heavy atom. The minimum Gasteiger partial charge on any atom is -0.455 e. The SMILES string of the molecule is O=C(COC(=O)C1(P(=O)(c2ccccc2)c2ccccc2)CC1)Nc1ccccc1Sc1ccccc1. The molecule has 1 aliphatic carbocycles. The molecular formula is C30H26NO4PS. The number of nitrogens with one attached hydrogen (secondary N) is 1. The van der Waals surface area contributed by atoms with Gasteiger partial charge in [-0.1, -0.05) is 103 Å². The molecule has 0 saturated heterocycles. The molecule has 1 aliphatic rings. The van der Waals surface area contributed by atoms with E-state index in [4.69, 9.17) is 4.74 Å². The molecule has 0 atom stereocenters. The second kappa shape index (κ2) is 10.8. The van der Waals surface area contributed by atoms with Crippen LogP contribution in [0.5, 0.6) is 0 Å². The number of benzene rings is 4. The number of esters is 1. The molecule has 186 valence electrons. The van der Waals surface area contributed by atoms with Crippen molar-refractivity contribution in [2.24, 2.45) is 0 Å². The van der Waals surface area contributed by atoms with Crippen LogP contribution in [0.1, 0.15) is 12.8 Å². The first-order valence-electron chi connectivity index (χ1n) is 12.0. The molecule has 5 nitrogen and oxygen atoms in total. The highest BCUT2D eigenvalue weighted by molar-refractivity contribution is 7.99. The van der Waals surface area contributed by atoms with E-state index in [0.29, 0.717) is 29.1 Å². The molecule has 5 rings (SSSR count). The van der Waals surface area contributed by atoms with Gasteiger partial charge in [0.15, 0.2) is 13.7 Å². The average molecular weight is 528 g/mol. The quantitative estimate of drug-likeness (QED) is 0.218. The van der Waals surface area contributed by atoms with E-state index in [9.17, 15) is 14.2 Å². The molecule has 0 heterocycles. The zero-order chi connectivity index (χ0) is 25.7. The molecule has 1 amide bonds. The van der Waals surface area contributed by atoms with E-state index in [1.807, 2.05) is 91.0 Å². The van der Waals surface area contributed by atoms with Crippen LogP contribution in [0.25, 0.3) is 0 Å². The highest BCUT2D eigenvalue weighted by atomic mass is 32.2. The second-order valence-corrected chi connectivity index (χ2v) is 13.1.